The van der Waals surface area contributed by atoms with Gasteiger partial charge < -0.3 is 9.30 Å². The standard InChI is InChI=1S/C13H12N2O/c1-15-12-4-3-9(16-2)7-10(12)11-8-14-6-5-13(11)15/h3-8H,1-2H3. The lowest BCUT2D eigenvalue weighted by Gasteiger charge is -2.00. The minimum absolute atomic E-state index is 0.879. The second-order valence-corrected chi connectivity index (χ2v) is 3.83. The Morgan fingerprint density at radius 1 is 1.12 bits per heavy atom. The van der Waals surface area contributed by atoms with E-state index in [1.165, 1.54) is 21.8 Å². The molecule has 0 aliphatic rings. The second kappa shape index (κ2) is 3.23. The number of aryl methyl sites for hydroxylation is 1. The van der Waals surface area contributed by atoms with Gasteiger partial charge in [-0.3, -0.25) is 4.98 Å². The quantitative estimate of drug-likeness (QED) is 0.620. The van der Waals surface area contributed by atoms with E-state index < -0.39 is 0 Å². The zero-order chi connectivity index (χ0) is 11.1. The van der Waals surface area contributed by atoms with Gasteiger partial charge in [0.1, 0.15) is 5.75 Å². The van der Waals surface area contributed by atoms with Crippen LogP contribution in [-0.4, -0.2) is 16.7 Å². The van der Waals surface area contributed by atoms with Gasteiger partial charge in [0.15, 0.2) is 0 Å². The highest BCUT2D eigenvalue weighted by Gasteiger charge is 2.08. The van der Waals surface area contributed by atoms with Gasteiger partial charge in [-0.2, -0.15) is 0 Å². The molecule has 80 valence electrons. The average molecular weight is 212 g/mol. The molecule has 0 fully saturated rings. The van der Waals surface area contributed by atoms with E-state index in [9.17, 15) is 0 Å². The van der Waals surface area contributed by atoms with E-state index in [1.54, 1.807) is 7.11 Å². The maximum absolute atomic E-state index is 5.25. The summed E-state index contributed by atoms with van der Waals surface area (Å²) >= 11 is 0. The highest BCUT2D eigenvalue weighted by Crippen LogP contribution is 2.29. The zero-order valence-electron chi connectivity index (χ0n) is 9.27. The molecule has 2 heterocycles. The van der Waals surface area contributed by atoms with Crippen molar-refractivity contribution in [2.45, 2.75) is 0 Å². The molecule has 3 heteroatoms. The maximum atomic E-state index is 5.25. The lowest BCUT2D eigenvalue weighted by molar-refractivity contribution is 0.415. The highest BCUT2D eigenvalue weighted by atomic mass is 16.5. The molecule has 2 aromatic heterocycles. The number of benzene rings is 1. The molecule has 0 radical (unpaired) electrons. The number of nitrogens with zero attached hydrogens (tertiary/aromatic N) is 2. The Kier molecular flexibility index (Phi) is 1.86. The molecule has 3 nitrogen and oxygen atoms in total. The number of hydrogen-bond donors (Lipinski definition) is 0. The van der Waals surface area contributed by atoms with Crippen molar-refractivity contribution in [1.29, 1.82) is 0 Å². The van der Waals surface area contributed by atoms with Gasteiger partial charge in [0.2, 0.25) is 0 Å². The molecular formula is C13H12N2O. The van der Waals surface area contributed by atoms with Crippen molar-refractivity contribution >= 4 is 21.8 Å². The van der Waals surface area contributed by atoms with E-state index in [-0.39, 0.29) is 0 Å². The molecular weight excluding hydrogens is 200 g/mol. The first-order valence-electron chi connectivity index (χ1n) is 5.17. The monoisotopic (exact) mass is 212 g/mol. The smallest absolute Gasteiger partial charge is 0.119 e. The maximum Gasteiger partial charge on any atom is 0.119 e. The van der Waals surface area contributed by atoms with Crippen LogP contribution in [0.3, 0.4) is 0 Å². The topological polar surface area (TPSA) is 27.1 Å². The van der Waals surface area contributed by atoms with Gasteiger partial charge in [0.25, 0.3) is 0 Å². The number of hydrogen-bond acceptors (Lipinski definition) is 2. The number of pyridine rings is 1. The molecule has 0 atom stereocenters. The average Bonchev–Trinajstić information content (AvgIpc) is 2.64. The SMILES string of the molecule is COc1ccc2c(c1)c1cnccc1n2C. The van der Waals surface area contributed by atoms with Crippen LogP contribution in [0.1, 0.15) is 0 Å². The Hall–Kier alpha value is -2.03. The molecule has 0 amide bonds. The van der Waals surface area contributed by atoms with Crippen LogP contribution in [0, 0.1) is 0 Å². The molecule has 0 aliphatic carbocycles. The zero-order valence-corrected chi connectivity index (χ0v) is 9.27. The molecule has 16 heavy (non-hydrogen) atoms. The Bertz CT molecular complexity index is 670. The first kappa shape index (κ1) is 9.21. The first-order valence-corrected chi connectivity index (χ1v) is 5.17. The highest BCUT2D eigenvalue weighted by molar-refractivity contribution is 6.07. The summed E-state index contributed by atoms with van der Waals surface area (Å²) in [5.41, 5.74) is 2.39. The molecule has 0 unspecified atom stereocenters. The number of methoxy groups -OCH3 is 1. The Morgan fingerprint density at radius 2 is 1.94 bits per heavy atom. The Morgan fingerprint density at radius 3 is 2.75 bits per heavy atom. The van der Waals surface area contributed by atoms with Crippen LogP contribution < -0.4 is 4.74 Å². The summed E-state index contributed by atoms with van der Waals surface area (Å²) in [7, 11) is 3.75. The fourth-order valence-corrected chi connectivity index (χ4v) is 2.17. The third-order valence-electron chi connectivity index (χ3n) is 3.01. The lowest BCUT2D eigenvalue weighted by atomic mass is 10.2. The van der Waals surface area contributed by atoms with Crippen LogP contribution in [0.15, 0.2) is 36.7 Å². The fraction of sp³-hybridized carbons (Fsp3) is 0.154. The summed E-state index contributed by atoms with van der Waals surface area (Å²) in [5.74, 6) is 0.879. The molecule has 0 N–H and O–H groups in total. The van der Waals surface area contributed by atoms with Crippen LogP contribution in [-0.2, 0) is 7.05 Å². The normalized spacial score (nSPS) is 11.1. The van der Waals surface area contributed by atoms with Crippen LogP contribution >= 0.6 is 0 Å². The molecule has 0 aliphatic heterocycles. The minimum Gasteiger partial charge on any atom is -0.497 e. The summed E-state index contributed by atoms with van der Waals surface area (Å²) in [6, 6.07) is 8.14. The summed E-state index contributed by atoms with van der Waals surface area (Å²) in [6.45, 7) is 0. The molecule has 0 saturated heterocycles. The first-order chi connectivity index (χ1) is 7.81. The van der Waals surface area contributed by atoms with Crippen molar-refractivity contribution in [3.63, 3.8) is 0 Å². The molecule has 0 spiro atoms. The Balaban J connectivity index is 2.52. The van der Waals surface area contributed by atoms with Crippen molar-refractivity contribution in [2.24, 2.45) is 7.05 Å². The molecule has 0 saturated carbocycles. The summed E-state index contributed by atoms with van der Waals surface area (Å²) < 4.78 is 7.42. The van der Waals surface area contributed by atoms with Crippen LogP contribution in [0.4, 0.5) is 0 Å². The van der Waals surface area contributed by atoms with Gasteiger partial charge in [-0.05, 0) is 24.3 Å². The fourth-order valence-electron chi connectivity index (χ4n) is 2.17. The number of fused-ring (bicyclic) bond motifs is 3. The van der Waals surface area contributed by atoms with Crippen molar-refractivity contribution in [3.8, 4) is 5.75 Å². The van der Waals surface area contributed by atoms with Gasteiger partial charge in [0.05, 0.1) is 12.6 Å². The predicted molar refractivity (Wildman–Crippen MR) is 64.8 cm³/mol. The third-order valence-corrected chi connectivity index (χ3v) is 3.01. The summed E-state index contributed by atoms with van der Waals surface area (Å²) in [4.78, 5) is 4.18. The number of rotatable bonds is 1. The molecule has 3 aromatic rings. The van der Waals surface area contributed by atoms with Gasteiger partial charge in [0, 0.05) is 35.7 Å². The van der Waals surface area contributed by atoms with Crippen LogP contribution in [0.5, 0.6) is 5.75 Å². The van der Waals surface area contributed by atoms with Crippen LogP contribution in [0.25, 0.3) is 21.8 Å². The van der Waals surface area contributed by atoms with E-state index in [2.05, 4.69) is 28.7 Å². The second-order valence-electron chi connectivity index (χ2n) is 3.83. The number of ether oxygens (including phenoxy) is 1. The van der Waals surface area contributed by atoms with E-state index in [0.29, 0.717) is 0 Å². The van der Waals surface area contributed by atoms with Gasteiger partial charge in [-0.25, -0.2) is 0 Å². The minimum atomic E-state index is 0.879. The molecule has 1 aromatic carbocycles. The van der Waals surface area contributed by atoms with E-state index >= 15 is 0 Å². The third kappa shape index (κ3) is 1.11. The molecule has 3 rings (SSSR count). The molecule has 0 bridgehead atoms. The van der Waals surface area contributed by atoms with Gasteiger partial charge >= 0.3 is 0 Å². The van der Waals surface area contributed by atoms with Crippen molar-refractivity contribution in [3.05, 3.63) is 36.7 Å². The van der Waals surface area contributed by atoms with Gasteiger partial charge in [-0.1, -0.05) is 0 Å². The summed E-state index contributed by atoms with van der Waals surface area (Å²) in [6.07, 6.45) is 3.72. The van der Waals surface area contributed by atoms with E-state index in [0.717, 1.165) is 5.75 Å². The predicted octanol–water partition coefficient (Wildman–Crippen LogP) is 2.74. The Labute approximate surface area is 93.3 Å². The summed E-state index contributed by atoms with van der Waals surface area (Å²) in [5, 5.41) is 2.35. The van der Waals surface area contributed by atoms with Crippen molar-refractivity contribution in [2.75, 3.05) is 7.11 Å². The van der Waals surface area contributed by atoms with Crippen molar-refractivity contribution in [1.82, 2.24) is 9.55 Å². The largest absolute Gasteiger partial charge is 0.497 e. The lowest BCUT2D eigenvalue weighted by Crippen LogP contribution is -1.86. The van der Waals surface area contributed by atoms with E-state index in [1.807, 2.05) is 24.5 Å². The van der Waals surface area contributed by atoms with Gasteiger partial charge in [-0.15, -0.1) is 0 Å². The number of aromatic nitrogens is 2. The van der Waals surface area contributed by atoms with Crippen molar-refractivity contribution < 1.29 is 4.74 Å². The van der Waals surface area contributed by atoms with Crippen LogP contribution in [0.2, 0.25) is 0 Å². The van der Waals surface area contributed by atoms with E-state index in [4.69, 9.17) is 4.74 Å².